The average Bonchev–Trinajstić information content (AvgIpc) is 2.37. The van der Waals surface area contributed by atoms with Crippen LogP contribution in [0.1, 0.15) is 6.92 Å². The molecule has 5 nitrogen and oxygen atoms in total. The van der Waals surface area contributed by atoms with Crippen molar-refractivity contribution in [2.45, 2.75) is 6.92 Å². The number of nitrogens with zero attached hydrogens (tertiary/aromatic N) is 1. The summed E-state index contributed by atoms with van der Waals surface area (Å²) in [5.74, 6) is -0.0812. The SMILES string of the molecule is CCOC(=O)C(Cl)=NNc1ccc(OC)cc1Cl. The molecule has 0 aliphatic rings. The van der Waals surface area contributed by atoms with Gasteiger partial charge in [-0.2, -0.15) is 5.10 Å². The minimum atomic E-state index is -0.698. The molecule has 0 aromatic heterocycles. The highest BCUT2D eigenvalue weighted by molar-refractivity contribution is 6.82. The fraction of sp³-hybridized carbons (Fsp3) is 0.273. The van der Waals surface area contributed by atoms with Gasteiger partial charge in [0.1, 0.15) is 5.75 Å². The Morgan fingerprint density at radius 2 is 2.22 bits per heavy atom. The van der Waals surface area contributed by atoms with E-state index in [2.05, 4.69) is 15.3 Å². The third-order valence-electron chi connectivity index (χ3n) is 1.89. The number of ether oxygens (including phenoxy) is 2. The lowest BCUT2D eigenvalue weighted by Gasteiger charge is -2.06. The number of carbonyl (C=O) groups is 1. The highest BCUT2D eigenvalue weighted by Gasteiger charge is 2.09. The van der Waals surface area contributed by atoms with Crippen molar-refractivity contribution in [2.75, 3.05) is 19.1 Å². The van der Waals surface area contributed by atoms with Crippen molar-refractivity contribution in [3.05, 3.63) is 23.2 Å². The van der Waals surface area contributed by atoms with Crippen molar-refractivity contribution < 1.29 is 14.3 Å². The topological polar surface area (TPSA) is 59.9 Å². The van der Waals surface area contributed by atoms with Gasteiger partial charge < -0.3 is 9.47 Å². The number of hydrogen-bond donors (Lipinski definition) is 1. The summed E-state index contributed by atoms with van der Waals surface area (Å²) in [7, 11) is 1.54. The zero-order chi connectivity index (χ0) is 13.5. The van der Waals surface area contributed by atoms with Gasteiger partial charge >= 0.3 is 5.97 Å². The van der Waals surface area contributed by atoms with E-state index in [9.17, 15) is 4.79 Å². The Hall–Kier alpha value is -1.46. The van der Waals surface area contributed by atoms with Crippen LogP contribution in [0, 0.1) is 0 Å². The fourth-order valence-corrected chi connectivity index (χ4v) is 1.37. The van der Waals surface area contributed by atoms with Crippen LogP contribution < -0.4 is 10.2 Å². The van der Waals surface area contributed by atoms with E-state index in [0.29, 0.717) is 16.5 Å². The lowest BCUT2D eigenvalue weighted by molar-refractivity contribution is -0.134. The fourth-order valence-electron chi connectivity index (χ4n) is 1.06. The van der Waals surface area contributed by atoms with Crippen LogP contribution in [0.25, 0.3) is 0 Å². The van der Waals surface area contributed by atoms with Gasteiger partial charge in [-0.15, -0.1) is 0 Å². The quantitative estimate of drug-likeness (QED) is 0.515. The first kappa shape index (κ1) is 14.6. The van der Waals surface area contributed by atoms with Crippen molar-refractivity contribution in [1.82, 2.24) is 0 Å². The van der Waals surface area contributed by atoms with E-state index >= 15 is 0 Å². The summed E-state index contributed by atoms with van der Waals surface area (Å²) in [6.07, 6.45) is 0. The number of nitrogens with one attached hydrogen (secondary N) is 1. The monoisotopic (exact) mass is 290 g/mol. The van der Waals surface area contributed by atoms with Crippen LogP contribution in [0.5, 0.6) is 5.75 Å². The van der Waals surface area contributed by atoms with Crippen LogP contribution in [-0.2, 0) is 9.53 Å². The second kappa shape index (κ2) is 7.08. The van der Waals surface area contributed by atoms with Gasteiger partial charge in [0.2, 0.25) is 5.17 Å². The molecule has 0 spiro atoms. The lowest BCUT2D eigenvalue weighted by Crippen LogP contribution is -2.13. The molecule has 1 rings (SSSR count). The minimum Gasteiger partial charge on any atom is -0.497 e. The zero-order valence-corrected chi connectivity index (χ0v) is 11.4. The van der Waals surface area contributed by atoms with Crippen LogP contribution in [0.4, 0.5) is 5.69 Å². The summed E-state index contributed by atoms with van der Waals surface area (Å²) < 4.78 is 9.66. The Labute approximate surface area is 115 Å². The molecule has 0 amide bonds. The third-order valence-corrected chi connectivity index (χ3v) is 2.45. The van der Waals surface area contributed by atoms with Gasteiger partial charge in [0.15, 0.2) is 0 Å². The van der Waals surface area contributed by atoms with Crippen molar-refractivity contribution in [1.29, 1.82) is 0 Å². The highest BCUT2D eigenvalue weighted by atomic mass is 35.5. The Bertz CT molecular complexity index is 464. The summed E-state index contributed by atoms with van der Waals surface area (Å²) in [4.78, 5) is 11.2. The molecule has 1 aromatic carbocycles. The lowest BCUT2D eigenvalue weighted by atomic mass is 10.3. The summed E-state index contributed by atoms with van der Waals surface area (Å²) in [6.45, 7) is 1.91. The molecule has 0 aliphatic carbocycles. The first-order valence-corrected chi connectivity index (χ1v) is 5.84. The van der Waals surface area contributed by atoms with Gasteiger partial charge in [0.25, 0.3) is 0 Å². The Balaban J connectivity index is 2.73. The zero-order valence-electron chi connectivity index (χ0n) is 9.87. The predicted octanol–water partition coefficient (Wildman–Crippen LogP) is 2.88. The summed E-state index contributed by atoms with van der Waals surface area (Å²) in [5.41, 5.74) is 3.07. The normalized spacial score (nSPS) is 11.0. The van der Waals surface area contributed by atoms with Crippen LogP contribution >= 0.6 is 23.2 Å². The Morgan fingerprint density at radius 1 is 1.50 bits per heavy atom. The number of rotatable bonds is 5. The molecule has 0 radical (unpaired) electrons. The van der Waals surface area contributed by atoms with E-state index in [0.717, 1.165) is 0 Å². The van der Waals surface area contributed by atoms with Crippen molar-refractivity contribution in [3.8, 4) is 5.75 Å². The largest absolute Gasteiger partial charge is 0.497 e. The molecular formula is C11H12Cl2N2O3. The molecule has 0 bridgehead atoms. The van der Waals surface area contributed by atoms with E-state index in [4.69, 9.17) is 27.9 Å². The molecule has 1 N–H and O–H groups in total. The Morgan fingerprint density at radius 3 is 2.78 bits per heavy atom. The van der Waals surface area contributed by atoms with E-state index in [-0.39, 0.29) is 11.8 Å². The van der Waals surface area contributed by atoms with Crippen LogP contribution in [0.3, 0.4) is 0 Å². The summed E-state index contributed by atoms with van der Waals surface area (Å²) in [5, 5.41) is 3.75. The first-order valence-electron chi connectivity index (χ1n) is 5.08. The van der Waals surface area contributed by atoms with Crippen LogP contribution in [-0.4, -0.2) is 24.9 Å². The molecule has 1 aromatic rings. The number of anilines is 1. The van der Waals surface area contributed by atoms with Gasteiger partial charge in [-0.05, 0) is 19.1 Å². The van der Waals surface area contributed by atoms with Gasteiger partial charge in [-0.1, -0.05) is 23.2 Å². The van der Waals surface area contributed by atoms with E-state index < -0.39 is 5.97 Å². The first-order chi connectivity index (χ1) is 8.58. The minimum absolute atomic E-state index is 0.230. The molecule has 0 aliphatic heterocycles. The number of esters is 1. The second-order valence-corrected chi connectivity index (χ2v) is 3.85. The van der Waals surface area contributed by atoms with E-state index in [1.165, 1.54) is 7.11 Å². The molecule has 18 heavy (non-hydrogen) atoms. The molecule has 0 unspecified atom stereocenters. The van der Waals surface area contributed by atoms with E-state index in [1.807, 2.05) is 0 Å². The number of hydrogen-bond acceptors (Lipinski definition) is 5. The second-order valence-electron chi connectivity index (χ2n) is 3.08. The number of benzene rings is 1. The molecule has 0 fully saturated rings. The standard InChI is InChI=1S/C11H12Cl2N2O3/c1-3-18-11(16)10(13)15-14-9-5-4-7(17-2)6-8(9)12/h4-6,14H,3H2,1-2H3. The number of carbonyl (C=O) groups excluding carboxylic acids is 1. The highest BCUT2D eigenvalue weighted by Crippen LogP contribution is 2.26. The van der Waals surface area contributed by atoms with Crippen molar-refractivity contribution in [3.63, 3.8) is 0 Å². The molecule has 98 valence electrons. The van der Waals surface area contributed by atoms with Crippen molar-refractivity contribution in [2.24, 2.45) is 5.10 Å². The molecule has 0 saturated heterocycles. The molecule has 0 saturated carbocycles. The van der Waals surface area contributed by atoms with Gasteiger partial charge in [-0.25, -0.2) is 4.79 Å². The Kier molecular flexibility index (Phi) is 5.74. The number of halogens is 2. The van der Waals surface area contributed by atoms with Crippen molar-refractivity contribution >= 4 is 40.0 Å². The molecule has 0 atom stereocenters. The summed E-state index contributed by atoms with van der Waals surface area (Å²) >= 11 is 11.6. The van der Waals surface area contributed by atoms with Gasteiger partial charge in [-0.3, -0.25) is 5.43 Å². The predicted molar refractivity (Wildman–Crippen MR) is 71.5 cm³/mol. The summed E-state index contributed by atoms with van der Waals surface area (Å²) in [6, 6.07) is 4.96. The maximum Gasteiger partial charge on any atom is 0.370 e. The van der Waals surface area contributed by atoms with Crippen LogP contribution in [0.2, 0.25) is 5.02 Å². The third kappa shape index (κ3) is 4.09. The molecular weight excluding hydrogens is 279 g/mol. The average molecular weight is 291 g/mol. The maximum atomic E-state index is 11.2. The maximum absolute atomic E-state index is 11.2. The molecule has 7 heteroatoms. The van der Waals surface area contributed by atoms with Gasteiger partial charge in [0, 0.05) is 6.07 Å². The molecule has 0 heterocycles. The van der Waals surface area contributed by atoms with Crippen LogP contribution in [0.15, 0.2) is 23.3 Å². The van der Waals surface area contributed by atoms with Gasteiger partial charge in [0.05, 0.1) is 24.4 Å². The van der Waals surface area contributed by atoms with E-state index in [1.54, 1.807) is 25.1 Å². The smallest absolute Gasteiger partial charge is 0.370 e. The number of methoxy groups -OCH3 is 1. The number of hydrazone groups is 1.